The minimum atomic E-state index is -3.15. The van der Waals surface area contributed by atoms with Crippen LogP contribution in [-0.4, -0.2) is 27.8 Å². The van der Waals surface area contributed by atoms with Crippen molar-refractivity contribution in [2.75, 3.05) is 24.7 Å². The van der Waals surface area contributed by atoms with Gasteiger partial charge in [0.05, 0.1) is 17.5 Å². The third kappa shape index (κ3) is 4.29. The summed E-state index contributed by atoms with van der Waals surface area (Å²) in [6, 6.07) is 9.12. The maximum absolute atomic E-state index is 10.8. The third-order valence-electron chi connectivity index (χ3n) is 1.85. The zero-order valence-corrected chi connectivity index (χ0v) is 9.71. The first-order valence-electron chi connectivity index (χ1n) is 4.70. The number of nitriles is 1. The first-order valence-corrected chi connectivity index (χ1v) is 6.60. The second kappa shape index (κ2) is 5.49. The highest BCUT2D eigenvalue weighted by atomic mass is 32.2. The van der Waals surface area contributed by atoms with Crippen molar-refractivity contribution in [2.45, 2.75) is 0 Å². The van der Waals surface area contributed by atoms with Gasteiger partial charge in [-0.05, 0) is 12.1 Å². The Morgan fingerprint density at radius 3 is 2.62 bits per heavy atom. The first kappa shape index (κ1) is 12.5. The van der Waals surface area contributed by atoms with Crippen LogP contribution in [0.15, 0.2) is 24.3 Å². The summed E-state index contributed by atoms with van der Waals surface area (Å²) >= 11 is 0. The summed E-state index contributed by atoms with van der Waals surface area (Å²) in [5, 5.41) is 11.8. The molecule has 0 aliphatic carbocycles. The van der Waals surface area contributed by atoms with Crippen LogP contribution in [0, 0.1) is 11.3 Å². The molecule has 0 saturated carbocycles. The number of para-hydroxylation sites is 1. The number of rotatable bonds is 5. The lowest BCUT2D eigenvalue weighted by Crippen LogP contribution is -2.27. The Kier molecular flexibility index (Phi) is 4.28. The van der Waals surface area contributed by atoms with E-state index in [2.05, 4.69) is 16.1 Å². The Hall–Kier alpha value is -1.58. The molecular formula is C10H13N3O2S. The average molecular weight is 239 g/mol. The van der Waals surface area contributed by atoms with Crippen LogP contribution in [0.2, 0.25) is 0 Å². The molecule has 0 fully saturated rings. The lowest BCUT2D eigenvalue weighted by molar-refractivity contribution is 0.589. The van der Waals surface area contributed by atoms with Crippen LogP contribution in [0.5, 0.6) is 0 Å². The van der Waals surface area contributed by atoms with E-state index >= 15 is 0 Å². The quantitative estimate of drug-likeness (QED) is 0.734. The number of nitrogens with zero attached hydrogens (tertiary/aromatic N) is 1. The van der Waals surface area contributed by atoms with Crippen molar-refractivity contribution in [3.63, 3.8) is 0 Å². The predicted molar refractivity (Wildman–Crippen MR) is 62.5 cm³/mol. The summed E-state index contributed by atoms with van der Waals surface area (Å²) in [6.45, 7) is 0.727. The van der Waals surface area contributed by atoms with Crippen LogP contribution < -0.4 is 10.0 Å². The molecular weight excluding hydrogens is 226 g/mol. The molecule has 0 spiro atoms. The molecule has 16 heavy (non-hydrogen) atoms. The number of anilines is 1. The normalized spacial score (nSPS) is 10.8. The fourth-order valence-corrected chi connectivity index (χ4v) is 1.64. The molecule has 2 N–H and O–H groups in total. The van der Waals surface area contributed by atoms with Crippen molar-refractivity contribution in [1.29, 1.82) is 5.26 Å². The van der Waals surface area contributed by atoms with Crippen molar-refractivity contribution >= 4 is 15.7 Å². The van der Waals surface area contributed by atoms with Gasteiger partial charge in [0.1, 0.15) is 6.07 Å². The molecule has 5 nitrogen and oxygen atoms in total. The van der Waals surface area contributed by atoms with Gasteiger partial charge in [0, 0.05) is 13.1 Å². The zero-order valence-electron chi connectivity index (χ0n) is 8.90. The van der Waals surface area contributed by atoms with Crippen LogP contribution in [0.25, 0.3) is 0 Å². The van der Waals surface area contributed by atoms with Gasteiger partial charge in [0.15, 0.2) is 0 Å². The number of hydrogen-bond donors (Lipinski definition) is 2. The van der Waals surface area contributed by atoms with Gasteiger partial charge in [-0.15, -0.1) is 0 Å². The Morgan fingerprint density at radius 2 is 2.00 bits per heavy atom. The zero-order chi connectivity index (χ0) is 12.0. The molecule has 0 aromatic heterocycles. The van der Waals surface area contributed by atoms with E-state index in [9.17, 15) is 8.42 Å². The SMILES string of the molecule is CS(=O)(=O)NCCNc1ccccc1C#N. The average Bonchev–Trinajstić information content (AvgIpc) is 2.23. The second-order valence-corrected chi connectivity index (χ2v) is 5.08. The molecule has 0 amide bonds. The highest BCUT2D eigenvalue weighted by Gasteiger charge is 2.01. The van der Waals surface area contributed by atoms with Crippen molar-refractivity contribution < 1.29 is 8.42 Å². The number of sulfonamides is 1. The van der Waals surface area contributed by atoms with E-state index in [1.807, 2.05) is 6.07 Å². The van der Waals surface area contributed by atoms with Gasteiger partial charge in [0.2, 0.25) is 10.0 Å². The second-order valence-electron chi connectivity index (χ2n) is 3.25. The number of hydrogen-bond acceptors (Lipinski definition) is 4. The van der Waals surface area contributed by atoms with Gasteiger partial charge in [-0.25, -0.2) is 13.1 Å². The Morgan fingerprint density at radius 1 is 1.31 bits per heavy atom. The van der Waals surface area contributed by atoms with E-state index in [0.717, 1.165) is 6.26 Å². The van der Waals surface area contributed by atoms with Crippen LogP contribution in [0.4, 0.5) is 5.69 Å². The fourth-order valence-electron chi connectivity index (χ4n) is 1.17. The molecule has 1 rings (SSSR count). The van der Waals surface area contributed by atoms with E-state index in [0.29, 0.717) is 24.3 Å². The number of benzene rings is 1. The molecule has 6 heteroatoms. The lowest BCUT2D eigenvalue weighted by Gasteiger charge is -2.07. The molecule has 0 aliphatic rings. The fraction of sp³-hybridized carbons (Fsp3) is 0.300. The van der Waals surface area contributed by atoms with Gasteiger partial charge < -0.3 is 5.32 Å². The summed E-state index contributed by atoms with van der Waals surface area (Å²) in [4.78, 5) is 0. The maximum Gasteiger partial charge on any atom is 0.208 e. The minimum Gasteiger partial charge on any atom is -0.383 e. The Bertz CT molecular complexity index is 491. The largest absolute Gasteiger partial charge is 0.383 e. The summed E-state index contributed by atoms with van der Waals surface area (Å²) in [6.07, 6.45) is 1.11. The van der Waals surface area contributed by atoms with Crippen LogP contribution in [0.3, 0.4) is 0 Å². The minimum absolute atomic E-state index is 0.290. The predicted octanol–water partition coefficient (Wildman–Crippen LogP) is 0.519. The van der Waals surface area contributed by atoms with Gasteiger partial charge in [-0.1, -0.05) is 12.1 Å². The monoisotopic (exact) mass is 239 g/mol. The Balaban J connectivity index is 2.47. The molecule has 0 heterocycles. The highest BCUT2D eigenvalue weighted by Crippen LogP contribution is 2.12. The Labute approximate surface area is 95.1 Å². The van der Waals surface area contributed by atoms with E-state index in [1.165, 1.54) is 0 Å². The van der Waals surface area contributed by atoms with E-state index in [-0.39, 0.29) is 0 Å². The topological polar surface area (TPSA) is 82.0 Å². The van der Waals surface area contributed by atoms with Crippen molar-refractivity contribution in [3.05, 3.63) is 29.8 Å². The van der Waals surface area contributed by atoms with Gasteiger partial charge in [-0.3, -0.25) is 0 Å². The highest BCUT2D eigenvalue weighted by molar-refractivity contribution is 7.88. The first-order chi connectivity index (χ1) is 7.53. The lowest BCUT2D eigenvalue weighted by atomic mass is 10.2. The van der Waals surface area contributed by atoms with E-state index in [1.54, 1.807) is 18.2 Å². The van der Waals surface area contributed by atoms with Gasteiger partial charge in [0.25, 0.3) is 0 Å². The molecule has 0 bridgehead atoms. The molecule has 1 aromatic carbocycles. The molecule has 1 aromatic rings. The molecule has 0 atom stereocenters. The smallest absolute Gasteiger partial charge is 0.208 e. The van der Waals surface area contributed by atoms with Crippen LogP contribution in [-0.2, 0) is 10.0 Å². The summed E-state index contributed by atoms with van der Waals surface area (Å²) in [5.74, 6) is 0. The van der Waals surface area contributed by atoms with Crippen LogP contribution >= 0.6 is 0 Å². The summed E-state index contributed by atoms with van der Waals surface area (Å²) in [7, 11) is -3.15. The molecule has 0 radical (unpaired) electrons. The van der Waals surface area contributed by atoms with Gasteiger partial charge in [-0.2, -0.15) is 5.26 Å². The van der Waals surface area contributed by atoms with Crippen LogP contribution in [0.1, 0.15) is 5.56 Å². The van der Waals surface area contributed by atoms with Crippen molar-refractivity contribution in [3.8, 4) is 6.07 Å². The molecule has 86 valence electrons. The standard InChI is InChI=1S/C10H13N3O2S/c1-16(14,15)13-7-6-12-10-5-3-2-4-9(10)8-11/h2-5,12-13H,6-7H2,1H3. The molecule has 0 saturated heterocycles. The molecule has 0 unspecified atom stereocenters. The van der Waals surface area contributed by atoms with E-state index < -0.39 is 10.0 Å². The summed E-state index contributed by atoms with van der Waals surface area (Å²) < 4.78 is 23.9. The number of nitrogens with one attached hydrogen (secondary N) is 2. The van der Waals surface area contributed by atoms with Gasteiger partial charge >= 0.3 is 0 Å². The third-order valence-corrected chi connectivity index (χ3v) is 2.58. The van der Waals surface area contributed by atoms with Crippen molar-refractivity contribution in [2.24, 2.45) is 0 Å². The van der Waals surface area contributed by atoms with Crippen molar-refractivity contribution in [1.82, 2.24) is 4.72 Å². The summed E-state index contributed by atoms with van der Waals surface area (Å²) in [5.41, 5.74) is 1.25. The van der Waals surface area contributed by atoms with E-state index in [4.69, 9.17) is 5.26 Å². The maximum atomic E-state index is 10.8. The molecule has 0 aliphatic heterocycles.